The molecule has 0 unspecified atom stereocenters. The molecule has 0 fully saturated rings. The van der Waals surface area contributed by atoms with Gasteiger partial charge in [-0.25, -0.2) is 4.98 Å². The summed E-state index contributed by atoms with van der Waals surface area (Å²) in [4.78, 5) is 21.4. The van der Waals surface area contributed by atoms with E-state index >= 15 is 0 Å². The van der Waals surface area contributed by atoms with Gasteiger partial charge in [-0.3, -0.25) is 4.79 Å². The number of thiazole rings is 1. The molecule has 0 saturated heterocycles. The van der Waals surface area contributed by atoms with E-state index in [4.69, 9.17) is 5.73 Å². The monoisotopic (exact) mass is 313 g/mol. The second-order valence-corrected chi connectivity index (χ2v) is 6.71. The van der Waals surface area contributed by atoms with Gasteiger partial charge in [-0.2, -0.15) is 0 Å². The number of hydrogen-bond acceptors (Lipinski definition) is 6. The van der Waals surface area contributed by atoms with Crippen LogP contribution in [-0.4, -0.2) is 61.0 Å². The van der Waals surface area contributed by atoms with E-state index < -0.39 is 0 Å². The van der Waals surface area contributed by atoms with E-state index in [1.807, 2.05) is 25.9 Å². The first kappa shape index (κ1) is 17.7. The standard InChI is InChI=1S/C14H27N5OS/c1-6-16-14-17-12(15)11(21-14)13(20)19(9-10(2)3)8-7-18(4)5/h10H,6-9,15H2,1-5H3,(H,16,17). The van der Waals surface area contributed by atoms with Crippen LogP contribution in [0.4, 0.5) is 10.9 Å². The van der Waals surface area contributed by atoms with Gasteiger partial charge in [0.1, 0.15) is 10.7 Å². The first-order chi connectivity index (χ1) is 9.85. The van der Waals surface area contributed by atoms with Crippen molar-refractivity contribution in [3.8, 4) is 0 Å². The van der Waals surface area contributed by atoms with Gasteiger partial charge in [-0.1, -0.05) is 25.2 Å². The third kappa shape index (κ3) is 5.51. The summed E-state index contributed by atoms with van der Waals surface area (Å²) in [6.45, 7) is 9.21. The molecule has 0 aliphatic heterocycles. The fourth-order valence-electron chi connectivity index (χ4n) is 1.89. The third-order valence-corrected chi connectivity index (χ3v) is 3.88. The van der Waals surface area contributed by atoms with E-state index in [0.29, 0.717) is 28.3 Å². The molecule has 0 aromatic carbocycles. The second-order valence-electron chi connectivity index (χ2n) is 5.71. The van der Waals surface area contributed by atoms with Gasteiger partial charge < -0.3 is 20.9 Å². The maximum Gasteiger partial charge on any atom is 0.267 e. The summed E-state index contributed by atoms with van der Waals surface area (Å²) in [6.07, 6.45) is 0. The SMILES string of the molecule is CCNc1nc(N)c(C(=O)N(CCN(C)C)CC(C)C)s1. The van der Waals surface area contributed by atoms with Crippen LogP contribution in [0.3, 0.4) is 0 Å². The van der Waals surface area contributed by atoms with Crippen molar-refractivity contribution >= 4 is 28.2 Å². The van der Waals surface area contributed by atoms with Crippen molar-refractivity contribution < 1.29 is 4.79 Å². The lowest BCUT2D eigenvalue weighted by molar-refractivity contribution is 0.0730. The number of likely N-dealkylation sites (N-methyl/N-ethyl adjacent to an activating group) is 1. The Morgan fingerprint density at radius 1 is 1.38 bits per heavy atom. The van der Waals surface area contributed by atoms with Crippen LogP contribution in [0.5, 0.6) is 0 Å². The molecule has 6 nitrogen and oxygen atoms in total. The van der Waals surface area contributed by atoms with E-state index in [9.17, 15) is 4.79 Å². The number of nitrogens with two attached hydrogens (primary N) is 1. The summed E-state index contributed by atoms with van der Waals surface area (Å²) in [6, 6.07) is 0. The summed E-state index contributed by atoms with van der Waals surface area (Å²) in [7, 11) is 4.00. The molecule has 120 valence electrons. The van der Waals surface area contributed by atoms with Crippen LogP contribution >= 0.6 is 11.3 Å². The molecule has 0 atom stereocenters. The predicted octanol–water partition coefficient (Wildman–Crippen LogP) is 1.82. The Balaban J connectivity index is 2.87. The summed E-state index contributed by atoms with van der Waals surface area (Å²) in [5.74, 6) is 0.711. The van der Waals surface area contributed by atoms with Crippen LogP contribution in [-0.2, 0) is 0 Å². The van der Waals surface area contributed by atoms with Crippen LogP contribution in [0.15, 0.2) is 0 Å². The zero-order valence-electron chi connectivity index (χ0n) is 13.6. The number of rotatable bonds is 8. The van der Waals surface area contributed by atoms with Crippen LogP contribution in [0.25, 0.3) is 0 Å². The first-order valence-electron chi connectivity index (χ1n) is 7.29. The zero-order valence-corrected chi connectivity index (χ0v) is 14.5. The Morgan fingerprint density at radius 2 is 2.05 bits per heavy atom. The molecule has 7 heteroatoms. The van der Waals surface area contributed by atoms with Crippen LogP contribution < -0.4 is 11.1 Å². The minimum Gasteiger partial charge on any atom is -0.382 e. The van der Waals surface area contributed by atoms with Gasteiger partial charge in [0, 0.05) is 26.2 Å². The smallest absolute Gasteiger partial charge is 0.267 e. The van der Waals surface area contributed by atoms with Crippen molar-refractivity contribution in [1.29, 1.82) is 0 Å². The number of carbonyl (C=O) groups is 1. The predicted molar refractivity (Wildman–Crippen MR) is 90.0 cm³/mol. The number of aromatic nitrogens is 1. The lowest BCUT2D eigenvalue weighted by atomic mass is 10.2. The van der Waals surface area contributed by atoms with Crippen LogP contribution in [0.1, 0.15) is 30.4 Å². The summed E-state index contributed by atoms with van der Waals surface area (Å²) >= 11 is 1.33. The van der Waals surface area contributed by atoms with Crippen LogP contribution in [0.2, 0.25) is 0 Å². The summed E-state index contributed by atoms with van der Waals surface area (Å²) in [5, 5.41) is 3.81. The average molecular weight is 313 g/mol. The molecule has 0 aliphatic rings. The molecule has 3 N–H and O–H groups in total. The molecule has 1 amide bonds. The summed E-state index contributed by atoms with van der Waals surface area (Å²) in [5.41, 5.74) is 5.90. The van der Waals surface area contributed by atoms with E-state index in [1.54, 1.807) is 0 Å². The van der Waals surface area contributed by atoms with Gasteiger partial charge in [-0.05, 0) is 26.9 Å². The average Bonchev–Trinajstić information content (AvgIpc) is 2.74. The quantitative estimate of drug-likeness (QED) is 0.766. The largest absolute Gasteiger partial charge is 0.382 e. The normalized spacial score (nSPS) is 11.2. The maximum atomic E-state index is 12.7. The number of nitrogen functional groups attached to an aromatic ring is 1. The molecule has 0 aliphatic carbocycles. The van der Waals surface area contributed by atoms with E-state index in [1.165, 1.54) is 11.3 Å². The van der Waals surface area contributed by atoms with Gasteiger partial charge in [0.25, 0.3) is 5.91 Å². The highest BCUT2D eigenvalue weighted by atomic mass is 32.1. The number of carbonyl (C=O) groups excluding carboxylic acids is 1. The van der Waals surface area contributed by atoms with Gasteiger partial charge in [0.15, 0.2) is 5.13 Å². The lowest BCUT2D eigenvalue weighted by Gasteiger charge is -2.25. The minimum atomic E-state index is -0.0234. The number of nitrogens with one attached hydrogen (secondary N) is 1. The Morgan fingerprint density at radius 3 is 2.57 bits per heavy atom. The fraction of sp³-hybridized carbons (Fsp3) is 0.714. The van der Waals surface area contributed by atoms with Gasteiger partial charge in [0.05, 0.1) is 0 Å². The third-order valence-electron chi connectivity index (χ3n) is 2.87. The molecular formula is C14H27N5OS. The molecule has 1 rings (SSSR count). The van der Waals surface area contributed by atoms with Crippen molar-refractivity contribution in [2.24, 2.45) is 5.92 Å². The Labute approximate surface area is 131 Å². The zero-order chi connectivity index (χ0) is 16.0. The first-order valence-corrected chi connectivity index (χ1v) is 8.11. The van der Waals surface area contributed by atoms with Gasteiger partial charge in [-0.15, -0.1) is 0 Å². The number of nitrogens with zero attached hydrogens (tertiary/aromatic N) is 3. The Kier molecular flexibility index (Phi) is 6.91. The Hall–Kier alpha value is -1.34. The molecule has 0 spiro atoms. The molecule has 1 heterocycles. The van der Waals surface area contributed by atoms with Crippen molar-refractivity contribution in [3.05, 3.63) is 4.88 Å². The topological polar surface area (TPSA) is 74.5 Å². The summed E-state index contributed by atoms with van der Waals surface area (Å²) < 4.78 is 0. The molecule has 1 aromatic rings. The van der Waals surface area contributed by atoms with Gasteiger partial charge >= 0.3 is 0 Å². The van der Waals surface area contributed by atoms with Crippen molar-refractivity contribution in [3.63, 3.8) is 0 Å². The number of amides is 1. The number of anilines is 2. The molecule has 21 heavy (non-hydrogen) atoms. The second kappa shape index (κ2) is 8.19. The number of hydrogen-bond donors (Lipinski definition) is 2. The maximum absolute atomic E-state index is 12.7. The lowest BCUT2D eigenvalue weighted by Crippen LogP contribution is -2.38. The van der Waals surface area contributed by atoms with Gasteiger partial charge in [0.2, 0.25) is 0 Å². The van der Waals surface area contributed by atoms with Crippen molar-refractivity contribution in [2.75, 3.05) is 51.3 Å². The van der Waals surface area contributed by atoms with E-state index in [-0.39, 0.29) is 5.91 Å². The minimum absolute atomic E-state index is 0.0234. The Bertz CT molecular complexity index is 458. The van der Waals surface area contributed by atoms with E-state index in [0.717, 1.165) is 19.6 Å². The highest BCUT2D eigenvalue weighted by Crippen LogP contribution is 2.26. The molecular weight excluding hydrogens is 286 g/mol. The van der Waals surface area contributed by atoms with Crippen molar-refractivity contribution in [2.45, 2.75) is 20.8 Å². The molecule has 0 radical (unpaired) electrons. The molecule has 1 aromatic heterocycles. The molecule has 0 saturated carbocycles. The van der Waals surface area contributed by atoms with Crippen molar-refractivity contribution in [1.82, 2.24) is 14.8 Å². The fourth-order valence-corrected chi connectivity index (χ4v) is 2.81. The highest BCUT2D eigenvalue weighted by Gasteiger charge is 2.22. The van der Waals surface area contributed by atoms with E-state index in [2.05, 4.69) is 29.0 Å². The molecule has 0 bridgehead atoms. The highest BCUT2D eigenvalue weighted by molar-refractivity contribution is 7.18. The van der Waals surface area contributed by atoms with Crippen LogP contribution in [0, 0.1) is 5.92 Å².